The molecule has 276 valence electrons. The van der Waals surface area contributed by atoms with Crippen LogP contribution in [0.15, 0.2) is 61.1 Å². The van der Waals surface area contributed by atoms with E-state index >= 15 is 0 Å². The summed E-state index contributed by atoms with van der Waals surface area (Å²) in [5, 5.41) is 13.6. The normalized spacial score (nSPS) is 10.8. The van der Waals surface area contributed by atoms with Crippen LogP contribution < -0.4 is 26.6 Å². The second-order valence-electron chi connectivity index (χ2n) is 12.6. The molecule has 0 fully saturated rings. The highest BCUT2D eigenvalue weighted by Crippen LogP contribution is 2.20. The van der Waals surface area contributed by atoms with Crippen molar-refractivity contribution in [3.63, 3.8) is 0 Å². The molecule has 0 radical (unpaired) electrons. The van der Waals surface area contributed by atoms with Crippen molar-refractivity contribution in [1.29, 1.82) is 0 Å². The zero-order valence-corrected chi connectivity index (χ0v) is 30.2. The molecule has 0 saturated carbocycles. The molecule has 3 aromatic heterocycles. The van der Waals surface area contributed by atoms with Gasteiger partial charge in [-0.25, -0.2) is 4.79 Å². The molecule has 16 nitrogen and oxygen atoms in total. The van der Waals surface area contributed by atoms with E-state index in [9.17, 15) is 28.8 Å². The fourth-order valence-corrected chi connectivity index (χ4v) is 5.24. The summed E-state index contributed by atoms with van der Waals surface area (Å²) in [6.45, 7) is 2.67. The number of anilines is 3. The van der Waals surface area contributed by atoms with Crippen molar-refractivity contribution in [2.24, 2.45) is 21.1 Å². The largest absolute Gasteiger partial charge is 0.456 e. The molecule has 5 N–H and O–H groups in total. The second kappa shape index (κ2) is 17.7. The first-order valence-electron chi connectivity index (χ1n) is 16.5. The molecule has 0 atom stereocenters. The van der Waals surface area contributed by atoms with Gasteiger partial charge in [-0.05, 0) is 56.4 Å². The number of aryl methyl sites for hydroxylation is 3. The Balaban J connectivity index is 1.24. The molecule has 0 saturated heterocycles. The van der Waals surface area contributed by atoms with E-state index in [0.717, 1.165) is 18.5 Å². The van der Waals surface area contributed by atoms with Crippen molar-refractivity contribution in [3.8, 4) is 0 Å². The fourth-order valence-electron chi connectivity index (χ4n) is 5.24. The zero-order chi connectivity index (χ0) is 37.9. The number of nitrogens with one attached hydrogen (secondary N) is 5. The molecule has 4 rings (SSSR count). The van der Waals surface area contributed by atoms with Crippen LogP contribution in [0.25, 0.3) is 0 Å². The minimum absolute atomic E-state index is 0.0126. The average Bonchev–Trinajstić information content (AvgIpc) is 3.76. The van der Waals surface area contributed by atoms with Gasteiger partial charge < -0.3 is 49.9 Å². The SMILES string of the molecule is CC(=O)Nc1cc(C(=O)Nc2cc(C(=O)Nc3cc(C(=O)OCc4ccc(CC(=O)NCC(=O)NCCCN(C)C)cc4)n(C)c3)n(C)c2)n(C)c1. The average molecular weight is 716 g/mol. The lowest BCUT2D eigenvalue weighted by molar-refractivity contribution is -0.125. The molecular formula is C36H45N9O7. The van der Waals surface area contributed by atoms with Gasteiger partial charge in [-0.15, -0.1) is 0 Å². The maximum absolute atomic E-state index is 13.1. The Morgan fingerprint density at radius 3 is 1.71 bits per heavy atom. The van der Waals surface area contributed by atoms with Crippen molar-refractivity contribution in [2.75, 3.05) is 49.7 Å². The van der Waals surface area contributed by atoms with Gasteiger partial charge in [0, 0.05) is 53.2 Å². The predicted octanol–water partition coefficient (Wildman–Crippen LogP) is 2.25. The van der Waals surface area contributed by atoms with Gasteiger partial charge in [0.1, 0.15) is 23.7 Å². The smallest absolute Gasteiger partial charge is 0.355 e. The first kappa shape index (κ1) is 38.6. The number of benzene rings is 1. The van der Waals surface area contributed by atoms with Crippen molar-refractivity contribution in [2.45, 2.75) is 26.4 Å². The van der Waals surface area contributed by atoms with Crippen LogP contribution in [0.3, 0.4) is 0 Å². The molecule has 4 aromatic rings. The van der Waals surface area contributed by atoms with Crippen LogP contribution in [0.1, 0.15) is 55.9 Å². The van der Waals surface area contributed by atoms with Crippen molar-refractivity contribution < 1.29 is 33.5 Å². The summed E-state index contributed by atoms with van der Waals surface area (Å²) in [5.74, 6) is -2.27. The number of esters is 1. The lowest BCUT2D eigenvalue weighted by atomic mass is 10.1. The van der Waals surface area contributed by atoms with Crippen LogP contribution in [0.2, 0.25) is 0 Å². The maximum atomic E-state index is 13.1. The van der Waals surface area contributed by atoms with E-state index in [-0.39, 0.29) is 48.7 Å². The van der Waals surface area contributed by atoms with E-state index in [4.69, 9.17) is 4.74 Å². The number of amides is 5. The quantitative estimate of drug-likeness (QED) is 0.0863. The number of nitrogens with zero attached hydrogens (tertiary/aromatic N) is 4. The van der Waals surface area contributed by atoms with Gasteiger partial charge in [-0.3, -0.25) is 24.0 Å². The van der Waals surface area contributed by atoms with Crippen LogP contribution >= 0.6 is 0 Å². The van der Waals surface area contributed by atoms with Crippen molar-refractivity contribution in [3.05, 3.63) is 89.3 Å². The standard InChI is InChI=1S/C36H45N9O7/c1-23(46)39-26-15-29(43(4)19-26)34(49)40-27-16-30(44(5)20-27)35(50)41-28-17-31(45(6)21-28)36(51)52-22-25-10-8-24(9-11-25)14-32(47)38-18-33(48)37-12-7-13-42(2)3/h8-11,15-17,19-21H,7,12-14,18,22H2,1-6H3,(H,37,48)(H,38,47)(H,39,46)(H,40,49)(H,41,50). The highest BCUT2D eigenvalue weighted by atomic mass is 16.5. The summed E-state index contributed by atoms with van der Waals surface area (Å²) in [7, 11) is 8.91. The number of hydrogen-bond donors (Lipinski definition) is 5. The van der Waals surface area contributed by atoms with E-state index in [1.807, 2.05) is 19.0 Å². The molecule has 0 unspecified atom stereocenters. The first-order chi connectivity index (χ1) is 24.7. The molecule has 0 bridgehead atoms. The maximum Gasteiger partial charge on any atom is 0.355 e. The molecule has 1 aromatic carbocycles. The summed E-state index contributed by atoms with van der Waals surface area (Å²) in [6.07, 6.45) is 5.71. The molecule has 0 spiro atoms. The molecule has 5 amide bonds. The fraction of sp³-hybridized carbons (Fsp3) is 0.333. The summed E-state index contributed by atoms with van der Waals surface area (Å²) in [4.78, 5) is 76.5. The summed E-state index contributed by atoms with van der Waals surface area (Å²) >= 11 is 0. The number of aromatic nitrogens is 3. The van der Waals surface area contributed by atoms with Gasteiger partial charge in [-0.2, -0.15) is 0 Å². The number of hydrogen-bond acceptors (Lipinski definition) is 8. The number of carbonyl (C=O) groups excluding carboxylic acids is 6. The second-order valence-corrected chi connectivity index (χ2v) is 12.6. The Morgan fingerprint density at radius 2 is 1.17 bits per heavy atom. The van der Waals surface area contributed by atoms with Crippen LogP contribution in [-0.4, -0.2) is 87.8 Å². The van der Waals surface area contributed by atoms with E-state index in [0.29, 0.717) is 34.9 Å². The van der Waals surface area contributed by atoms with Gasteiger partial charge in [0.05, 0.1) is 30.0 Å². The van der Waals surface area contributed by atoms with Gasteiger partial charge in [0.15, 0.2) is 0 Å². The Hall–Kier alpha value is -6.16. The molecule has 0 aliphatic heterocycles. The lowest BCUT2D eigenvalue weighted by Crippen LogP contribution is -2.38. The molecule has 16 heteroatoms. The summed E-state index contributed by atoms with van der Waals surface area (Å²) in [6, 6.07) is 11.6. The third-order valence-corrected chi connectivity index (χ3v) is 7.83. The Bertz CT molecular complexity index is 1940. The van der Waals surface area contributed by atoms with E-state index < -0.39 is 17.8 Å². The first-order valence-corrected chi connectivity index (χ1v) is 16.5. The van der Waals surface area contributed by atoms with Crippen molar-refractivity contribution >= 4 is 52.6 Å². The van der Waals surface area contributed by atoms with Crippen LogP contribution in [-0.2, 0) is 53.3 Å². The predicted molar refractivity (Wildman–Crippen MR) is 195 cm³/mol. The monoisotopic (exact) mass is 715 g/mol. The minimum Gasteiger partial charge on any atom is -0.456 e. The molecule has 0 aliphatic rings. The number of rotatable bonds is 16. The van der Waals surface area contributed by atoms with Gasteiger partial charge in [0.2, 0.25) is 17.7 Å². The number of ether oxygens (including phenoxy) is 1. The number of carbonyl (C=O) groups is 6. The third-order valence-electron chi connectivity index (χ3n) is 7.83. The molecule has 3 heterocycles. The Labute approximate surface area is 301 Å². The molecule has 52 heavy (non-hydrogen) atoms. The minimum atomic E-state index is -0.599. The van der Waals surface area contributed by atoms with Crippen LogP contribution in [0.4, 0.5) is 17.1 Å². The zero-order valence-electron chi connectivity index (χ0n) is 30.2. The Kier molecular flexibility index (Phi) is 13.1. The highest BCUT2D eigenvalue weighted by molar-refractivity contribution is 6.07. The van der Waals surface area contributed by atoms with Crippen LogP contribution in [0, 0.1) is 0 Å². The van der Waals surface area contributed by atoms with Gasteiger partial charge >= 0.3 is 5.97 Å². The third kappa shape index (κ3) is 11.2. The topological polar surface area (TPSA) is 190 Å². The Morgan fingerprint density at radius 1 is 0.673 bits per heavy atom. The van der Waals surface area contributed by atoms with E-state index in [1.165, 1.54) is 23.6 Å². The van der Waals surface area contributed by atoms with Crippen LogP contribution in [0.5, 0.6) is 0 Å². The highest BCUT2D eigenvalue weighted by Gasteiger charge is 2.19. The molecular weight excluding hydrogens is 670 g/mol. The van der Waals surface area contributed by atoms with Crippen molar-refractivity contribution in [1.82, 2.24) is 29.2 Å². The van der Waals surface area contributed by atoms with E-state index in [2.05, 4.69) is 26.6 Å². The van der Waals surface area contributed by atoms with Gasteiger partial charge in [0.25, 0.3) is 11.8 Å². The van der Waals surface area contributed by atoms with Gasteiger partial charge in [-0.1, -0.05) is 24.3 Å². The summed E-state index contributed by atoms with van der Waals surface area (Å²) in [5.41, 5.74) is 3.47. The summed E-state index contributed by atoms with van der Waals surface area (Å²) < 4.78 is 10.2. The van der Waals surface area contributed by atoms with E-state index in [1.54, 1.807) is 79.2 Å². The molecule has 0 aliphatic carbocycles. The lowest BCUT2D eigenvalue weighted by Gasteiger charge is -2.10.